The van der Waals surface area contributed by atoms with Crippen LogP contribution in [0, 0.1) is 0 Å². The predicted octanol–water partition coefficient (Wildman–Crippen LogP) is 1.76. The number of urea groups is 1. The third kappa shape index (κ3) is 5.19. The summed E-state index contributed by atoms with van der Waals surface area (Å²) in [6, 6.07) is 10.2. The average Bonchev–Trinajstić information content (AvgIpc) is 3.28. The smallest absolute Gasteiger partial charge is 0.321 e. The first kappa shape index (κ1) is 15.5. The SMILES string of the molecule is C[C@H](c1ccccc1)[C@@H](C)NCC(=O)NC(=O)NC1CC1. The molecular weight excluding hydrogens is 266 g/mol. The van der Waals surface area contributed by atoms with E-state index in [1.165, 1.54) is 5.56 Å². The highest BCUT2D eigenvalue weighted by molar-refractivity contribution is 5.95. The van der Waals surface area contributed by atoms with Crippen molar-refractivity contribution in [1.82, 2.24) is 16.0 Å². The van der Waals surface area contributed by atoms with Crippen LogP contribution < -0.4 is 16.0 Å². The molecule has 0 spiro atoms. The maximum absolute atomic E-state index is 11.7. The summed E-state index contributed by atoms with van der Waals surface area (Å²) < 4.78 is 0. The summed E-state index contributed by atoms with van der Waals surface area (Å²) in [5, 5.41) is 8.22. The van der Waals surface area contributed by atoms with Gasteiger partial charge in [0.15, 0.2) is 0 Å². The van der Waals surface area contributed by atoms with Crippen molar-refractivity contribution in [2.24, 2.45) is 0 Å². The predicted molar refractivity (Wildman–Crippen MR) is 82.0 cm³/mol. The molecule has 0 aliphatic heterocycles. The molecule has 2 atom stereocenters. The van der Waals surface area contributed by atoms with Crippen LogP contribution in [0.1, 0.15) is 38.2 Å². The highest BCUT2D eigenvalue weighted by Crippen LogP contribution is 2.18. The summed E-state index contributed by atoms with van der Waals surface area (Å²) in [4.78, 5) is 23.1. The Hall–Kier alpha value is -1.88. The van der Waals surface area contributed by atoms with Gasteiger partial charge < -0.3 is 10.6 Å². The Bertz CT molecular complexity index is 486. The maximum atomic E-state index is 11.7. The first-order valence-electron chi connectivity index (χ1n) is 7.45. The number of nitrogens with one attached hydrogen (secondary N) is 3. The molecule has 0 heterocycles. The van der Waals surface area contributed by atoms with Gasteiger partial charge in [0.1, 0.15) is 0 Å². The standard InChI is InChI=1S/C16H23N3O2/c1-11(13-6-4-3-5-7-13)12(2)17-10-15(20)19-16(21)18-14-8-9-14/h3-7,11-12,14,17H,8-10H2,1-2H3,(H2,18,19,20,21)/t11-,12+/m0/s1. The molecule has 1 saturated carbocycles. The van der Waals surface area contributed by atoms with Crippen LogP contribution in [0.15, 0.2) is 30.3 Å². The molecule has 0 bridgehead atoms. The number of hydrogen-bond acceptors (Lipinski definition) is 3. The molecule has 5 heteroatoms. The van der Waals surface area contributed by atoms with Crippen molar-refractivity contribution >= 4 is 11.9 Å². The molecule has 0 unspecified atom stereocenters. The zero-order valence-corrected chi connectivity index (χ0v) is 12.6. The Balaban J connectivity index is 1.71. The molecule has 0 saturated heterocycles. The van der Waals surface area contributed by atoms with Gasteiger partial charge in [-0.2, -0.15) is 0 Å². The van der Waals surface area contributed by atoms with Gasteiger partial charge in [-0.25, -0.2) is 4.79 Å². The van der Waals surface area contributed by atoms with E-state index >= 15 is 0 Å². The third-order valence-electron chi connectivity index (χ3n) is 3.83. The molecule has 2 rings (SSSR count). The Kier molecular flexibility index (Phi) is 5.33. The fourth-order valence-corrected chi connectivity index (χ4v) is 2.10. The molecule has 5 nitrogen and oxygen atoms in total. The number of benzene rings is 1. The van der Waals surface area contributed by atoms with E-state index < -0.39 is 6.03 Å². The molecule has 114 valence electrons. The van der Waals surface area contributed by atoms with Gasteiger partial charge in [0.25, 0.3) is 0 Å². The summed E-state index contributed by atoms with van der Waals surface area (Å²) in [6.45, 7) is 4.29. The number of carbonyl (C=O) groups is 2. The second-order valence-corrected chi connectivity index (χ2v) is 5.66. The fraction of sp³-hybridized carbons (Fsp3) is 0.500. The maximum Gasteiger partial charge on any atom is 0.321 e. The molecule has 1 aromatic carbocycles. The van der Waals surface area contributed by atoms with E-state index in [2.05, 4.69) is 35.0 Å². The summed E-state index contributed by atoms with van der Waals surface area (Å²) in [7, 11) is 0. The van der Waals surface area contributed by atoms with E-state index in [0.29, 0.717) is 5.92 Å². The van der Waals surface area contributed by atoms with Gasteiger partial charge >= 0.3 is 6.03 Å². The number of hydrogen-bond donors (Lipinski definition) is 3. The van der Waals surface area contributed by atoms with E-state index in [9.17, 15) is 9.59 Å². The molecule has 21 heavy (non-hydrogen) atoms. The van der Waals surface area contributed by atoms with Crippen LogP contribution in [0.25, 0.3) is 0 Å². The van der Waals surface area contributed by atoms with Gasteiger partial charge in [0.05, 0.1) is 6.54 Å². The Labute approximate surface area is 125 Å². The van der Waals surface area contributed by atoms with Crippen LogP contribution >= 0.6 is 0 Å². The number of rotatable bonds is 6. The van der Waals surface area contributed by atoms with Crippen molar-refractivity contribution < 1.29 is 9.59 Å². The summed E-state index contributed by atoms with van der Waals surface area (Å²) in [5.41, 5.74) is 1.23. The third-order valence-corrected chi connectivity index (χ3v) is 3.83. The van der Waals surface area contributed by atoms with E-state index in [0.717, 1.165) is 12.8 Å². The zero-order valence-electron chi connectivity index (χ0n) is 12.6. The van der Waals surface area contributed by atoms with Gasteiger partial charge in [0, 0.05) is 12.1 Å². The molecule has 3 N–H and O–H groups in total. The zero-order chi connectivity index (χ0) is 15.2. The highest BCUT2D eigenvalue weighted by Gasteiger charge is 2.24. The van der Waals surface area contributed by atoms with Gasteiger partial charge in [-0.15, -0.1) is 0 Å². The lowest BCUT2D eigenvalue weighted by atomic mass is 9.94. The largest absolute Gasteiger partial charge is 0.335 e. The lowest BCUT2D eigenvalue weighted by Gasteiger charge is -2.21. The van der Waals surface area contributed by atoms with Crippen molar-refractivity contribution in [3.05, 3.63) is 35.9 Å². The van der Waals surface area contributed by atoms with Gasteiger partial charge in [0.2, 0.25) is 5.91 Å². The first-order valence-corrected chi connectivity index (χ1v) is 7.45. The Morgan fingerprint density at radius 1 is 1.19 bits per heavy atom. The van der Waals surface area contributed by atoms with Crippen molar-refractivity contribution in [3.63, 3.8) is 0 Å². The molecule has 0 radical (unpaired) electrons. The number of carbonyl (C=O) groups excluding carboxylic acids is 2. The van der Waals surface area contributed by atoms with E-state index in [1.54, 1.807) is 0 Å². The quantitative estimate of drug-likeness (QED) is 0.747. The topological polar surface area (TPSA) is 70.2 Å². The molecule has 3 amide bonds. The molecule has 0 aromatic heterocycles. The van der Waals surface area contributed by atoms with Gasteiger partial charge in [-0.3, -0.25) is 10.1 Å². The van der Waals surface area contributed by atoms with E-state index in [1.807, 2.05) is 25.1 Å². The van der Waals surface area contributed by atoms with Crippen LogP contribution in [0.5, 0.6) is 0 Å². The Morgan fingerprint density at radius 2 is 1.86 bits per heavy atom. The lowest BCUT2D eigenvalue weighted by Crippen LogP contribution is -2.46. The van der Waals surface area contributed by atoms with Crippen molar-refractivity contribution in [2.45, 2.75) is 44.7 Å². The first-order chi connectivity index (χ1) is 10.1. The number of imide groups is 1. The average molecular weight is 289 g/mol. The lowest BCUT2D eigenvalue weighted by molar-refractivity contribution is -0.119. The minimum absolute atomic E-state index is 0.135. The number of amides is 3. The summed E-state index contributed by atoms with van der Waals surface area (Å²) in [6.07, 6.45) is 2.01. The molecule has 1 aliphatic carbocycles. The second-order valence-electron chi connectivity index (χ2n) is 5.66. The molecule has 1 aromatic rings. The van der Waals surface area contributed by atoms with Crippen molar-refractivity contribution in [2.75, 3.05) is 6.54 Å². The van der Waals surface area contributed by atoms with Crippen LogP contribution in [0.3, 0.4) is 0 Å². The minimum Gasteiger partial charge on any atom is -0.335 e. The van der Waals surface area contributed by atoms with Crippen LogP contribution in [0.2, 0.25) is 0 Å². The monoisotopic (exact) mass is 289 g/mol. The normalized spacial score (nSPS) is 16.9. The summed E-state index contributed by atoms with van der Waals surface area (Å²) >= 11 is 0. The van der Waals surface area contributed by atoms with Gasteiger partial charge in [-0.1, -0.05) is 37.3 Å². The van der Waals surface area contributed by atoms with Crippen molar-refractivity contribution in [1.29, 1.82) is 0 Å². The second kappa shape index (κ2) is 7.22. The van der Waals surface area contributed by atoms with Gasteiger partial charge in [-0.05, 0) is 31.2 Å². The molecule has 1 aliphatic rings. The van der Waals surface area contributed by atoms with E-state index in [-0.39, 0.29) is 24.5 Å². The van der Waals surface area contributed by atoms with Crippen LogP contribution in [-0.4, -0.2) is 30.6 Å². The fourth-order valence-electron chi connectivity index (χ4n) is 2.10. The minimum atomic E-state index is -0.395. The summed E-state index contributed by atoms with van der Waals surface area (Å²) in [5.74, 6) is -0.0143. The molecule has 1 fully saturated rings. The highest BCUT2D eigenvalue weighted by atomic mass is 16.2. The van der Waals surface area contributed by atoms with Crippen LogP contribution in [-0.2, 0) is 4.79 Å². The molecular formula is C16H23N3O2. The van der Waals surface area contributed by atoms with Crippen LogP contribution in [0.4, 0.5) is 4.79 Å². The van der Waals surface area contributed by atoms with E-state index in [4.69, 9.17) is 0 Å². The Morgan fingerprint density at radius 3 is 2.48 bits per heavy atom. The van der Waals surface area contributed by atoms with Crippen molar-refractivity contribution in [3.8, 4) is 0 Å².